The summed E-state index contributed by atoms with van der Waals surface area (Å²) < 4.78 is 0. The Bertz CT molecular complexity index is 1400. The summed E-state index contributed by atoms with van der Waals surface area (Å²) in [7, 11) is 0. The molecule has 296 valence electrons. The van der Waals surface area contributed by atoms with Crippen LogP contribution in [0.4, 0.5) is 0 Å². The van der Waals surface area contributed by atoms with Gasteiger partial charge in [0.1, 0.15) is 30.2 Å². The topological polar surface area (TPSA) is 255 Å². The van der Waals surface area contributed by atoms with Crippen LogP contribution >= 0.6 is 0 Å². The van der Waals surface area contributed by atoms with Crippen LogP contribution in [0, 0.1) is 11.8 Å². The number of hydrogen-bond acceptors (Lipinski definition) is 9. The Hall–Kier alpha value is -4.54. The summed E-state index contributed by atoms with van der Waals surface area (Å²) in [5.74, 6) is -5.05. The third kappa shape index (κ3) is 11.7. The van der Waals surface area contributed by atoms with Crippen molar-refractivity contribution in [1.29, 1.82) is 0 Å². The zero-order valence-electron chi connectivity index (χ0n) is 31.4. The molecule has 53 heavy (non-hydrogen) atoms. The Labute approximate surface area is 311 Å². The van der Waals surface area contributed by atoms with Crippen LogP contribution in [0.1, 0.15) is 91.9 Å². The van der Waals surface area contributed by atoms with Gasteiger partial charge < -0.3 is 47.2 Å². The third-order valence-corrected chi connectivity index (χ3v) is 10.3. The zero-order valence-corrected chi connectivity index (χ0v) is 31.4. The van der Waals surface area contributed by atoms with Gasteiger partial charge in [-0.15, -0.1) is 0 Å². The number of primary amides is 1. The van der Waals surface area contributed by atoms with Crippen molar-refractivity contribution in [1.82, 2.24) is 30.7 Å². The molecule has 3 saturated heterocycles. The number of amides is 7. The standard InChI is InChI=1S/C36H58N8O9/c1-5-22(4)31(34(50)39-23(19-21(2)3)12-15-29(46)43-17-8-11-27(43)36(52)53)41-32(48)24(13-14-28(38)45)40-33(49)25-9-6-18-44(25)35(51)26-10-7-16-42(26)30(47)20-37/h12,15,21-27,31H,5-11,13-14,16-20,37H2,1-4H3,(H2,38,45)(H,39,50)(H,40,49)(H,41,48)(H,52,53)/b15-12+/t22-,23?,24-,25-,26-,27-,31-/m0/s1. The van der Waals surface area contributed by atoms with E-state index in [1.165, 1.54) is 26.9 Å². The van der Waals surface area contributed by atoms with Crippen molar-refractivity contribution < 1.29 is 43.5 Å². The highest BCUT2D eigenvalue weighted by molar-refractivity contribution is 5.96. The number of carbonyl (C=O) groups excluding carboxylic acids is 7. The van der Waals surface area contributed by atoms with E-state index in [0.717, 1.165) is 0 Å². The molecule has 0 aromatic heterocycles. The Morgan fingerprint density at radius 1 is 0.811 bits per heavy atom. The quantitative estimate of drug-likeness (QED) is 0.0969. The minimum absolute atomic E-state index is 0.101. The van der Waals surface area contributed by atoms with Crippen molar-refractivity contribution >= 4 is 47.3 Å². The molecule has 3 heterocycles. The molecule has 17 heteroatoms. The molecule has 3 rings (SSSR count). The average molecular weight is 747 g/mol. The van der Waals surface area contributed by atoms with Crippen LogP contribution in [0.25, 0.3) is 0 Å². The van der Waals surface area contributed by atoms with Gasteiger partial charge in [-0.3, -0.25) is 33.6 Å². The maximum Gasteiger partial charge on any atom is 0.326 e. The van der Waals surface area contributed by atoms with E-state index in [1.54, 1.807) is 6.92 Å². The molecular weight excluding hydrogens is 688 g/mol. The average Bonchev–Trinajstić information content (AvgIpc) is 3.91. The zero-order chi connectivity index (χ0) is 39.4. The number of rotatable bonds is 18. The van der Waals surface area contributed by atoms with Crippen molar-refractivity contribution in [3.8, 4) is 0 Å². The lowest BCUT2D eigenvalue weighted by Gasteiger charge is -2.32. The summed E-state index contributed by atoms with van der Waals surface area (Å²) in [6.07, 6.45) is 6.26. The number of nitrogens with one attached hydrogen (secondary N) is 3. The molecule has 7 amide bonds. The number of carbonyl (C=O) groups is 8. The molecule has 0 aromatic carbocycles. The van der Waals surface area contributed by atoms with Crippen molar-refractivity contribution in [2.75, 3.05) is 26.2 Å². The molecule has 17 nitrogen and oxygen atoms in total. The monoisotopic (exact) mass is 746 g/mol. The van der Waals surface area contributed by atoms with Gasteiger partial charge in [-0.1, -0.05) is 40.2 Å². The number of nitrogens with zero attached hydrogens (tertiary/aromatic N) is 3. The number of carboxylic acid groups (broad SMARTS) is 1. The fourth-order valence-electron chi connectivity index (χ4n) is 7.26. The minimum Gasteiger partial charge on any atom is -0.480 e. The first-order chi connectivity index (χ1) is 25.1. The van der Waals surface area contributed by atoms with Crippen molar-refractivity contribution in [2.24, 2.45) is 23.3 Å². The van der Waals surface area contributed by atoms with Gasteiger partial charge in [0.05, 0.1) is 6.54 Å². The maximum absolute atomic E-state index is 13.8. The van der Waals surface area contributed by atoms with Crippen LogP contribution in [0.5, 0.6) is 0 Å². The molecule has 8 N–H and O–H groups in total. The molecule has 0 saturated carbocycles. The van der Waals surface area contributed by atoms with E-state index in [9.17, 15) is 43.5 Å². The van der Waals surface area contributed by atoms with Crippen LogP contribution < -0.4 is 27.4 Å². The molecular formula is C36H58N8O9. The van der Waals surface area contributed by atoms with Gasteiger partial charge in [0.25, 0.3) is 0 Å². The van der Waals surface area contributed by atoms with E-state index >= 15 is 0 Å². The highest BCUT2D eigenvalue weighted by atomic mass is 16.4. The molecule has 7 atom stereocenters. The molecule has 3 fully saturated rings. The number of likely N-dealkylation sites (tertiary alicyclic amines) is 3. The predicted octanol–water partition coefficient (Wildman–Crippen LogP) is -0.629. The lowest BCUT2D eigenvalue weighted by Crippen LogP contribution is -2.59. The largest absolute Gasteiger partial charge is 0.480 e. The summed E-state index contributed by atoms with van der Waals surface area (Å²) in [5, 5.41) is 17.8. The van der Waals surface area contributed by atoms with Gasteiger partial charge in [0.15, 0.2) is 0 Å². The molecule has 0 bridgehead atoms. The first-order valence-corrected chi connectivity index (χ1v) is 18.8. The van der Waals surface area contributed by atoms with E-state index in [1.807, 2.05) is 20.8 Å². The van der Waals surface area contributed by atoms with E-state index in [4.69, 9.17) is 11.5 Å². The van der Waals surface area contributed by atoms with E-state index in [0.29, 0.717) is 71.0 Å². The normalized spacial score (nSPS) is 22.4. The van der Waals surface area contributed by atoms with Gasteiger partial charge in [0.2, 0.25) is 41.4 Å². The fraction of sp³-hybridized carbons (Fsp3) is 0.722. The van der Waals surface area contributed by atoms with Crippen molar-refractivity contribution in [3.05, 3.63) is 12.2 Å². The maximum atomic E-state index is 13.8. The SMILES string of the molecule is CC[C@H](C)[C@H](NC(=O)[C@H](CCC(N)=O)NC(=O)[C@@H]1CCCN1C(=O)[C@@H]1CCCN1C(=O)CN)C(=O)NC(/C=C/C(=O)N1CCC[C@H]1C(=O)O)CC(C)C. The van der Waals surface area contributed by atoms with E-state index in [-0.39, 0.29) is 43.0 Å². The van der Waals surface area contributed by atoms with Gasteiger partial charge in [0, 0.05) is 38.2 Å². The number of aliphatic carboxylic acids is 1. The Morgan fingerprint density at radius 3 is 2.00 bits per heavy atom. The van der Waals surface area contributed by atoms with Gasteiger partial charge in [-0.25, -0.2) is 4.79 Å². The van der Waals surface area contributed by atoms with Crippen LogP contribution in [0.2, 0.25) is 0 Å². The molecule has 3 aliphatic rings. The molecule has 0 radical (unpaired) electrons. The summed E-state index contributed by atoms with van der Waals surface area (Å²) in [5.41, 5.74) is 10.9. The highest BCUT2D eigenvalue weighted by Crippen LogP contribution is 2.25. The lowest BCUT2D eigenvalue weighted by molar-refractivity contribution is -0.146. The van der Waals surface area contributed by atoms with Gasteiger partial charge in [-0.2, -0.15) is 0 Å². The number of nitrogens with two attached hydrogens (primary N) is 2. The smallest absolute Gasteiger partial charge is 0.326 e. The van der Waals surface area contributed by atoms with E-state index < -0.39 is 71.8 Å². The third-order valence-electron chi connectivity index (χ3n) is 10.3. The van der Waals surface area contributed by atoms with Gasteiger partial charge >= 0.3 is 5.97 Å². The Kier molecular flexibility index (Phi) is 16.2. The second kappa shape index (κ2) is 20.1. The first-order valence-electron chi connectivity index (χ1n) is 18.8. The van der Waals surface area contributed by atoms with Gasteiger partial charge in [-0.05, 0) is 63.2 Å². The van der Waals surface area contributed by atoms with E-state index in [2.05, 4.69) is 16.0 Å². The second-order valence-electron chi connectivity index (χ2n) is 14.7. The molecule has 0 aromatic rings. The van der Waals surface area contributed by atoms with Crippen LogP contribution in [0.3, 0.4) is 0 Å². The summed E-state index contributed by atoms with van der Waals surface area (Å²) in [6.45, 7) is 8.29. The summed E-state index contributed by atoms with van der Waals surface area (Å²) in [6, 6.07) is -5.48. The predicted molar refractivity (Wildman–Crippen MR) is 193 cm³/mol. The second-order valence-corrected chi connectivity index (χ2v) is 14.7. The Morgan fingerprint density at radius 2 is 1.42 bits per heavy atom. The van der Waals surface area contributed by atoms with Crippen molar-refractivity contribution in [3.63, 3.8) is 0 Å². The fourth-order valence-corrected chi connectivity index (χ4v) is 7.26. The van der Waals surface area contributed by atoms with Crippen molar-refractivity contribution in [2.45, 2.75) is 128 Å². The first kappa shape index (κ1) is 42.9. The number of carboxylic acids is 1. The van der Waals surface area contributed by atoms with Crippen LogP contribution in [0.15, 0.2) is 12.2 Å². The number of hydrogen-bond donors (Lipinski definition) is 6. The molecule has 0 spiro atoms. The highest BCUT2D eigenvalue weighted by Gasteiger charge is 2.43. The lowest BCUT2D eigenvalue weighted by atomic mass is 9.96. The Balaban J connectivity index is 1.75. The molecule has 3 aliphatic heterocycles. The summed E-state index contributed by atoms with van der Waals surface area (Å²) >= 11 is 0. The molecule has 0 aliphatic carbocycles. The summed E-state index contributed by atoms with van der Waals surface area (Å²) in [4.78, 5) is 108. The minimum atomic E-state index is -1.26. The van der Waals surface area contributed by atoms with Crippen LogP contribution in [-0.4, -0.2) is 130 Å². The van der Waals surface area contributed by atoms with Crippen LogP contribution in [-0.2, 0) is 38.4 Å². The molecule has 1 unspecified atom stereocenters.